The summed E-state index contributed by atoms with van der Waals surface area (Å²) in [6, 6.07) is 20.8. The third-order valence-electron chi connectivity index (χ3n) is 5.70. The van der Waals surface area contributed by atoms with Crippen molar-refractivity contribution >= 4 is 21.6 Å². The van der Waals surface area contributed by atoms with Crippen LogP contribution in [0.1, 0.15) is 34.5 Å². The van der Waals surface area contributed by atoms with Crippen LogP contribution in [0, 0.1) is 6.92 Å². The van der Waals surface area contributed by atoms with E-state index in [9.17, 15) is 13.2 Å². The van der Waals surface area contributed by atoms with Gasteiger partial charge in [0.05, 0.1) is 23.0 Å². The summed E-state index contributed by atoms with van der Waals surface area (Å²) >= 11 is 0. The number of sulfonamides is 1. The predicted molar refractivity (Wildman–Crippen MR) is 133 cm³/mol. The molecule has 0 bridgehead atoms. The SMILES string of the molecule is Cc1ccc(N(C)S(=O)(=O)c2cccc(C(=O)NC(C)c3ccc(-n4ccnc4)cc3)c2)cc1. The quantitative estimate of drug-likeness (QED) is 0.428. The van der Waals surface area contributed by atoms with E-state index in [-0.39, 0.29) is 22.4 Å². The van der Waals surface area contributed by atoms with Crippen LogP contribution in [0.15, 0.2) is 96.4 Å². The van der Waals surface area contributed by atoms with Gasteiger partial charge in [0, 0.05) is 30.7 Å². The number of nitrogens with zero attached hydrogens (tertiary/aromatic N) is 3. The summed E-state index contributed by atoms with van der Waals surface area (Å²) in [4.78, 5) is 17.0. The Morgan fingerprint density at radius 2 is 1.74 bits per heavy atom. The van der Waals surface area contributed by atoms with E-state index in [1.165, 1.54) is 23.5 Å². The number of hydrogen-bond donors (Lipinski definition) is 1. The lowest BCUT2D eigenvalue weighted by atomic mass is 10.1. The summed E-state index contributed by atoms with van der Waals surface area (Å²) in [7, 11) is -2.32. The Kier molecular flexibility index (Phi) is 6.51. The van der Waals surface area contributed by atoms with E-state index < -0.39 is 10.0 Å². The number of aromatic nitrogens is 2. The van der Waals surface area contributed by atoms with Gasteiger partial charge in [0.1, 0.15) is 0 Å². The second-order valence-corrected chi connectivity index (χ2v) is 10.1. The van der Waals surface area contributed by atoms with Crippen LogP contribution in [-0.4, -0.2) is 30.9 Å². The van der Waals surface area contributed by atoms with Gasteiger partial charge >= 0.3 is 0 Å². The highest BCUT2D eigenvalue weighted by molar-refractivity contribution is 7.92. The molecule has 1 heterocycles. The van der Waals surface area contributed by atoms with Gasteiger partial charge in [0.25, 0.3) is 15.9 Å². The summed E-state index contributed by atoms with van der Waals surface area (Å²) < 4.78 is 29.4. The Hall–Kier alpha value is -3.91. The number of benzene rings is 3. The van der Waals surface area contributed by atoms with Gasteiger partial charge in [-0.05, 0) is 61.9 Å². The summed E-state index contributed by atoms with van der Waals surface area (Å²) in [5, 5.41) is 2.95. The summed E-state index contributed by atoms with van der Waals surface area (Å²) in [5.74, 6) is -0.346. The summed E-state index contributed by atoms with van der Waals surface area (Å²) in [6.07, 6.45) is 5.29. The molecule has 1 N–H and O–H groups in total. The normalized spacial score (nSPS) is 12.2. The third-order valence-corrected chi connectivity index (χ3v) is 7.48. The molecule has 7 nitrogen and oxygen atoms in total. The first-order valence-corrected chi connectivity index (χ1v) is 12.2. The summed E-state index contributed by atoms with van der Waals surface area (Å²) in [5.41, 5.74) is 3.77. The maximum atomic E-state index is 13.2. The fourth-order valence-corrected chi connectivity index (χ4v) is 4.80. The van der Waals surface area contributed by atoms with E-state index in [1.807, 2.05) is 61.0 Å². The highest BCUT2D eigenvalue weighted by Crippen LogP contribution is 2.23. The first kappa shape index (κ1) is 23.3. The standard InChI is InChI=1S/C26H26N4O3S/c1-19-7-11-23(12-8-19)29(3)34(32,33)25-6-4-5-22(17-25)26(31)28-20(2)21-9-13-24(14-10-21)30-16-15-27-18-30/h4-18,20H,1-3H3,(H,28,31). The second-order valence-electron chi connectivity index (χ2n) is 8.09. The lowest BCUT2D eigenvalue weighted by Gasteiger charge is -2.20. The molecule has 8 heteroatoms. The first-order chi connectivity index (χ1) is 16.3. The minimum atomic E-state index is -3.82. The Morgan fingerprint density at radius 1 is 1.03 bits per heavy atom. The van der Waals surface area contributed by atoms with Crippen LogP contribution < -0.4 is 9.62 Å². The molecule has 0 radical (unpaired) electrons. The molecule has 0 saturated carbocycles. The maximum Gasteiger partial charge on any atom is 0.264 e. The van der Waals surface area contributed by atoms with E-state index >= 15 is 0 Å². The van der Waals surface area contributed by atoms with Crippen LogP contribution in [0.3, 0.4) is 0 Å². The average Bonchev–Trinajstić information content (AvgIpc) is 3.39. The van der Waals surface area contributed by atoms with E-state index in [2.05, 4.69) is 10.3 Å². The minimum absolute atomic E-state index is 0.0561. The maximum absolute atomic E-state index is 13.2. The molecule has 0 fully saturated rings. The van der Waals surface area contributed by atoms with Crippen LogP contribution in [0.2, 0.25) is 0 Å². The molecule has 3 aromatic carbocycles. The molecule has 1 amide bonds. The molecule has 4 aromatic rings. The molecule has 1 atom stereocenters. The number of carbonyl (C=O) groups is 1. The van der Waals surface area contributed by atoms with E-state index in [0.29, 0.717) is 5.69 Å². The number of carbonyl (C=O) groups excluding carboxylic acids is 1. The minimum Gasteiger partial charge on any atom is -0.346 e. The largest absolute Gasteiger partial charge is 0.346 e. The topological polar surface area (TPSA) is 84.3 Å². The van der Waals surface area contributed by atoms with Crippen LogP contribution in [-0.2, 0) is 10.0 Å². The monoisotopic (exact) mass is 474 g/mol. The predicted octanol–water partition coefficient (Wildman–Crippen LogP) is 4.50. The van der Waals surface area contributed by atoms with Crippen LogP contribution in [0.25, 0.3) is 5.69 Å². The van der Waals surface area contributed by atoms with Crippen molar-refractivity contribution in [3.8, 4) is 5.69 Å². The van der Waals surface area contributed by atoms with Crippen LogP contribution in [0.5, 0.6) is 0 Å². The van der Waals surface area contributed by atoms with Crippen molar-refractivity contribution in [2.75, 3.05) is 11.4 Å². The molecule has 0 spiro atoms. The second kappa shape index (κ2) is 9.52. The molecule has 1 aromatic heterocycles. The lowest BCUT2D eigenvalue weighted by Crippen LogP contribution is -2.28. The van der Waals surface area contributed by atoms with Gasteiger partial charge < -0.3 is 9.88 Å². The Balaban J connectivity index is 1.49. The van der Waals surface area contributed by atoms with Gasteiger partial charge in [-0.3, -0.25) is 9.10 Å². The molecule has 0 aliphatic heterocycles. The number of imidazole rings is 1. The highest BCUT2D eigenvalue weighted by Gasteiger charge is 2.23. The fourth-order valence-electron chi connectivity index (χ4n) is 3.56. The van der Waals surface area contributed by atoms with Gasteiger partial charge in [-0.15, -0.1) is 0 Å². The zero-order chi connectivity index (χ0) is 24.3. The molecule has 0 saturated heterocycles. The van der Waals surface area contributed by atoms with Crippen molar-refractivity contribution in [3.05, 3.63) is 108 Å². The number of hydrogen-bond acceptors (Lipinski definition) is 4. The van der Waals surface area contributed by atoms with Gasteiger partial charge in [-0.25, -0.2) is 13.4 Å². The van der Waals surface area contributed by atoms with Crippen molar-refractivity contribution in [1.82, 2.24) is 14.9 Å². The zero-order valence-corrected chi connectivity index (χ0v) is 20.0. The number of anilines is 1. The van der Waals surface area contributed by atoms with Crippen molar-refractivity contribution in [2.24, 2.45) is 0 Å². The molecule has 174 valence electrons. The number of rotatable bonds is 7. The van der Waals surface area contributed by atoms with Crippen LogP contribution in [0.4, 0.5) is 5.69 Å². The van der Waals surface area contributed by atoms with Crippen molar-refractivity contribution in [3.63, 3.8) is 0 Å². The lowest BCUT2D eigenvalue weighted by molar-refractivity contribution is 0.0939. The smallest absolute Gasteiger partial charge is 0.264 e. The first-order valence-electron chi connectivity index (χ1n) is 10.8. The molecule has 1 unspecified atom stereocenters. The zero-order valence-electron chi connectivity index (χ0n) is 19.2. The van der Waals surface area contributed by atoms with Gasteiger partial charge in [-0.1, -0.05) is 35.9 Å². The van der Waals surface area contributed by atoms with E-state index in [1.54, 1.807) is 36.8 Å². The van der Waals surface area contributed by atoms with Crippen LogP contribution >= 0.6 is 0 Å². The van der Waals surface area contributed by atoms with Crippen molar-refractivity contribution in [2.45, 2.75) is 24.8 Å². The highest BCUT2D eigenvalue weighted by atomic mass is 32.2. The Labute approximate surface area is 199 Å². The fraction of sp³-hybridized carbons (Fsp3) is 0.154. The number of nitrogens with one attached hydrogen (secondary N) is 1. The Morgan fingerprint density at radius 3 is 2.38 bits per heavy atom. The van der Waals surface area contributed by atoms with Gasteiger partial charge in [0.15, 0.2) is 0 Å². The van der Waals surface area contributed by atoms with E-state index in [4.69, 9.17) is 0 Å². The van der Waals surface area contributed by atoms with E-state index in [0.717, 1.165) is 16.8 Å². The third kappa shape index (κ3) is 4.87. The molecule has 4 rings (SSSR count). The van der Waals surface area contributed by atoms with Crippen molar-refractivity contribution < 1.29 is 13.2 Å². The molecule has 0 aliphatic rings. The average molecular weight is 475 g/mol. The number of amides is 1. The molecule has 34 heavy (non-hydrogen) atoms. The van der Waals surface area contributed by atoms with Gasteiger partial charge in [0.2, 0.25) is 0 Å². The number of aryl methyl sites for hydroxylation is 1. The Bertz CT molecular complexity index is 1380. The van der Waals surface area contributed by atoms with Crippen molar-refractivity contribution in [1.29, 1.82) is 0 Å². The van der Waals surface area contributed by atoms with Gasteiger partial charge in [-0.2, -0.15) is 0 Å². The molecule has 0 aliphatic carbocycles. The molecular weight excluding hydrogens is 448 g/mol. The summed E-state index contributed by atoms with van der Waals surface area (Å²) in [6.45, 7) is 3.82. The molecular formula is C26H26N4O3S.